The molecule has 0 unspecified atom stereocenters. The molecule has 4 rings (SSSR count). The molecule has 4 heterocycles. The van der Waals surface area contributed by atoms with Crippen LogP contribution in [0.1, 0.15) is 17.0 Å². The molecule has 0 aliphatic rings. The lowest BCUT2D eigenvalue weighted by molar-refractivity contribution is 0.573. The minimum atomic E-state index is 0.399. The summed E-state index contributed by atoms with van der Waals surface area (Å²) in [6.45, 7) is 4.08. The molecule has 9 heteroatoms. The molecule has 0 spiro atoms. The third-order valence-corrected chi connectivity index (χ3v) is 4.81. The number of H-pyrrole nitrogens is 1. The van der Waals surface area contributed by atoms with Gasteiger partial charge in [0.15, 0.2) is 10.9 Å². The van der Waals surface area contributed by atoms with Crippen LogP contribution in [0.3, 0.4) is 0 Å². The van der Waals surface area contributed by atoms with Crippen molar-refractivity contribution in [1.29, 1.82) is 0 Å². The van der Waals surface area contributed by atoms with Gasteiger partial charge in [-0.15, -0.1) is 16.4 Å². The highest BCUT2D eigenvalue weighted by Crippen LogP contribution is 2.22. The highest BCUT2D eigenvalue weighted by atomic mass is 32.1. The number of furan rings is 1. The first-order chi connectivity index (χ1) is 12.1. The fourth-order valence-corrected chi connectivity index (χ4v) is 3.55. The molecule has 1 N–H and O–H groups in total. The summed E-state index contributed by atoms with van der Waals surface area (Å²) in [5, 5.41) is 14.3. The zero-order valence-electron chi connectivity index (χ0n) is 13.5. The van der Waals surface area contributed by atoms with Crippen LogP contribution in [0, 0.1) is 18.6 Å². The second-order valence-electron chi connectivity index (χ2n) is 5.36. The topological polar surface area (TPSA) is 76.9 Å². The van der Waals surface area contributed by atoms with Crippen molar-refractivity contribution in [1.82, 2.24) is 24.4 Å². The lowest BCUT2D eigenvalue weighted by atomic mass is 10.3. The first-order valence-electron chi connectivity index (χ1n) is 7.49. The van der Waals surface area contributed by atoms with Crippen LogP contribution >= 0.6 is 23.6 Å². The fourth-order valence-electron chi connectivity index (χ4n) is 2.62. The molecule has 7 nitrogen and oxygen atoms in total. The Hall–Kier alpha value is -2.78. The van der Waals surface area contributed by atoms with Gasteiger partial charge in [-0.2, -0.15) is 9.78 Å². The van der Waals surface area contributed by atoms with Gasteiger partial charge in [0.2, 0.25) is 10.6 Å². The number of hydrogen-bond acceptors (Lipinski definition) is 6. The second-order valence-corrected chi connectivity index (χ2v) is 6.62. The minimum Gasteiger partial charge on any atom is -0.461 e. The predicted molar refractivity (Wildman–Crippen MR) is 99.0 cm³/mol. The van der Waals surface area contributed by atoms with Gasteiger partial charge in [-0.1, -0.05) is 0 Å². The van der Waals surface area contributed by atoms with Crippen molar-refractivity contribution >= 4 is 29.8 Å². The van der Waals surface area contributed by atoms with Crippen LogP contribution in [0.5, 0.6) is 0 Å². The van der Waals surface area contributed by atoms with Crippen LogP contribution < -0.4 is 0 Å². The van der Waals surface area contributed by atoms with Crippen LogP contribution in [-0.2, 0) is 0 Å². The van der Waals surface area contributed by atoms with E-state index in [-0.39, 0.29) is 0 Å². The lowest BCUT2D eigenvalue weighted by Gasteiger charge is -2.04. The van der Waals surface area contributed by atoms with Crippen LogP contribution in [0.25, 0.3) is 16.7 Å². The molecular formula is C16H14N6OS2. The third kappa shape index (κ3) is 2.77. The van der Waals surface area contributed by atoms with Gasteiger partial charge in [-0.3, -0.25) is 4.57 Å². The molecule has 0 aliphatic carbocycles. The van der Waals surface area contributed by atoms with Crippen molar-refractivity contribution in [2.24, 2.45) is 5.10 Å². The number of aromatic nitrogens is 5. The average Bonchev–Trinajstić information content (AvgIpc) is 3.35. The standard InChI is InChI=1S/C16H14N6OS2/c1-10-8-12(11(2)21(10)16-17-5-7-25-16)9-18-22-14(19-20-15(22)24)13-4-3-6-23-13/h3-9H,1-2H3,(H,20,24)/b18-9-. The predicted octanol–water partition coefficient (Wildman–Crippen LogP) is 3.95. The molecule has 0 saturated heterocycles. The number of nitrogens with zero attached hydrogens (tertiary/aromatic N) is 5. The normalized spacial score (nSPS) is 11.6. The SMILES string of the molecule is Cc1cc(/C=N\n2c(-c3ccco3)n[nH]c2=S)c(C)n1-c1nccs1. The Bertz CT molecular complexity index is 1080. The lowest BCUT2D eigenvalue weighted by Crippen LogP contribution is -1.99. The molecule has 0 radical (unpaired) electrons. The Kier molecular flexibility index (Phi) is 3.94. The maximum Gasteiger partial charge on any atom is 0.219 e. The van der Waals surface area contributed by atoms with E-state index in [0.717, 1.165) is 22.1 Å². The summed E-state index contributed by atoms with van der Waals surface area (Å²) in [5.74, 6) is 1.12. The second kappa shape index (κ2) is 6.26. The van der Waals surface area contributed by atoms with E-state index in [0.29, 0.717) is 16.4 Å². The molecule has 0 saturated carbocycles. The van der Waals surface area contributed by atoms with E-state index in [1.165, 1.54) is 0 Å². The fraction of sp³-hybridized carbons (Fsp3) is 0.125. The Balaban J connectivity index is 1.74. The monoisotopic (exact) mass is 370 g/mol. The molecule has 126 valence electrons. The third-order valence-electron chi connectivity index (χ3n) is 3.79. The Morgan fingerprint density at radius 1 is 1.40 bits per heavy atom. The molecule has 0 fully saturated rings. The number of aryl methyl sites for hydroxylation is 1. The summed E-state index contributed by atoms with van der Waals surface area (Å²) in [6, 6.07) is 5.67. The van der Waals surface area contributed by atoms with E-state index in [1.807, 2.05) is 25.3 Å². The average molecular weight is 370 g/mol. The Morgan fingerprint density at radius 3 is 3.00 bits per heavy atom. The van der Waals surface area contributed by atoms with Crippen LogP contribution in [-0.4, -0.2) is 30.6 Å². The molecule has 4 aromatic heterocycles. The maximum absolute atomic E-state index is 5.39. The molecule has 0 aromatic carbocycles. The Labute approximate surface area is 152 Å². The highest BCUT2D eigenvalue weighted by Gasteiger charge is 2.13. The smallest absolute Gasteiger partial charge is 0.219 e. The zero-order valence-corrected chi connectivity index (χ0v) is 15.1. The molecular weight excluding hydrogens is 356 g/mol. The first kappa shape index (κ1) is 15.7. The van der Waals surface area contributed by atoms with E-state index < -0.39 is 0 Å². The van der Waals surface area contributed by atoms with Gasteiger partial charge < -0.3 is 4.42 Å². The molecule has 0 aliphatic heterocycles. The van der Waals surface area contributed by atoms with E-state index >= 15 is 0 Å². The number of aromatic amines is 1. The highest BCUT2D eigenvalue weighted by molar-refractivity contribution is 7.71. The summed E-state index contributed by atoms with van der Waals surface area (Å²) in [7, 11) is 0. The molecule has 0 bridgehead atoms. The first-order valence-corrected chi connectivity index (χ1v) is 8.78. The number of hydrogen-bond donors (Lipinski definition) is 1. The van der Waals surface area contributed by atoms with Gasteiger partial charge in [0.25, 0.3) is 0 Å². The van der Waals surface area contributed by atoms with E-state index in [4.69, 9.17) is 16.6 Å². The molecule has 25 heavy (non-hydrogen) atoms. The summed E-state index contributed by atoms with van der Waals surface area (Å²) < 4.78 is 9.44. The van der Waals surface area contributed by atoms with Crippen molar-refractivity contribution < 1.29 is 4.42 Å². The largest absolute Gasteiger partial charge is 0.461 e. The number of nitrogens with one attached hydrogen (secondary N) is 1. The molecule has 4 aromatic rings. The molecule has 0 amide bonds. The van der Waals surface area contributed by atoms with E-state index in [2.05, 4.69) is 30.9 Å². The van der Waals surface area contributed by atoms with Crippen molar-refractivity contribution in [3.63, 3.8) is 0 Å². The van der Waals surface area contributed by atoms with Gasteiger partial charge in [0.1, 0.15) is 0 Å². The van der Waals surface area contributed by atoms with Crippen molar-refractivity contribution in [3.8, 4) is 16.7 Å². The van der Waals surface area contributed by atoms with E-state index in [9.17, 15) is 0 Å². The van der Waals surface area contributed by atoms with Gasteiger partial charge in [0, 0.05) is 28.5 Å². The van der Waals surface area contributed by atoms with E-state index in [1.54, 1.807) is 40.8 Å². The molecule has 0 atom stereocenters. The maximum atomic E-state index is 5.39. The van der Waals surface area contributed by atoms with Gasteiger partial charge in [0.05, 0.1) is 12.5 Å². The van der Waals surface area contributed by atoms with Gasteiger partial charge in [-0.25, -0.2) is 10.1 Å². The quantitative estimate of drug-likeness (QED) is 0.436. The summed E-state index contributed by atoms with van der Waals surface area (Å²) in [6.07, 6.45) is 5.15. The summed E-state index contributed by atoms with van der Waals surface area (Å²) >= 11 is 6.86. The van der Waals surface area contributed by atoms with Gasteiger partial charge >= 0.3 is 0 Å². The van der Waals surface area contributed by atoms with Crippen molar-refractivity contribution in [3.05, 3.63) is 57.8 Å². The number of thiazole rings is 1. The number of rotatable bonds is 4. The van der Waals surface area contributed by atoms with Crippen LogP contribution in [0.4, 0.5) is 0 Å². The van der Waals surface area contributed by atoms with Crippen molar-refractivity contribution in [2.75, 3.05) is 0 Å². The minimum absolute atomic E-state index is 0.399. The van der Waals surface area contributed by atoms with Crippen molar-refractivity contribution in [2.45, 2.75) is 13.8 Å². The summed E-state index contributed by atoms with van der Waals surface area (Å²) in [5.41, 5.74) is 3.14. The zero-order chi connectivity index (χ0) is 17.4. The van der Waals surface area contributed by atoms with Gasteiger partial charge in [-0.05, 0) is 44.3 Å². The Morgan fingerprint density at radius 2 is 2.28 bits per heavy atom. The summed E-state index contributed by atoms with van der Waals surface area (Å²) in [4.78, 5) is 4.38. The van der Waals surface area contributed by atoms with Crippen LogP contribution in [0.2, 0.25) is 0 Å². The van der Waals surface area contributed by atoms with Crippen LogP contribution in [0.15, 0.2) is 45.6 Å².